The average Bonchev–Trinajstić information content (AvgIpc) is 3.13. The number of carbonyl (C=O) groups excluding carboxylic acids is 2. The fourth-order valence-electron chi connectivity index (χ4n) is 8.85. The standard InChI is InChI=1S/C38H54N4O3.C2HF3O2/c1-4-5-11-33-27-42(26-30-9-7-6-8-10-30)37(44)45-38(33)16-22-40(23-17-38)34-14-20-41(21-15-34)36(43)35-28(2)24-32(25-29(35)3)31-12-18-39-19-13-31;3-2(4,5)1(6)7/h12-13,18-19,24-25,30,33-34H,4-11,14-17,20-23,26-27H2,1-3H3;(H,6,7). The number of piperidine rings is 2. The van der Waals surface area contributed by atoms with Gasteiger partial charge in [0.1, 0.15) is 5.60 Å². The van der Waals surface area contributed by atoms with Crippen LogP contribution in [0.25, 0.3) is 11.1 Å². The van der Waals surface area contributed by atoms with E-state index in [1.54, 1.807) is 0 Å². The number of halogens is 3. The Morgan fingerprint density at radius 3 is 2.10 bits per heavy atom. The molecule has 1 spiro atoms. The number of aromatic nitrogens is 1. The predicted octanol–water partition coefficient (Wildman–Crippen LogP) is 8.28. The molecule has 12 heteroatoms. The van der Waals surface area contributed by atoms with Crippen molar-refractivity contribution in [2.45, 2.75) is 116 Å². The number of aryl methyl sites for hydroxylation is 2. The molecule has 3 saturated heterocycles. The van der Waals surface area contributed by atoms with Crippen LogP contribution in [0.2, 0.25) is 0 Å². The molecule has 0 radical (unpaired) electrons. The third kappa shape index (κ3) is 9.65. The van der Waals surface area contributed by atoms with Crippen LogP contribution in [0.15, 0.2) is 36.7 Å². The van der Waals surface area contributed by atoms with E-state index in [0.717, 1.165) is 99.2 Å². The van der Waals surface area contributed by atoms with Gasteiger partial charge < -0.3 is 19.6 Å². The first-order valence-electron chi connectivity index (χ1n) is 19.1. The van der Waals surface area contributed by atoms with Gasteiger partial charge in [-0.05, 0) is 86.3 Å². The maximum atomic E-state index is 13.7. The van der Waals surface area contributed by atoms with E-state index in [4.69, 9.17) is 14.6 Å². The molecule has 9 nitrogen and oxygen atoms in total. The number of unbranched alkanes of at least 4 members (excludes halogenated alkanes) is 1. The molecule has 1 N–H and O–H groups in total. The molecule has 3 aliphatic heterocycles. The first kappa shape index (κ1) is 39.5. The highest BCUT2D eigenvalue weighted by molar-refractivity contribution is 5.98. The number of likely N-dealkylation sites (tertiary alicyclic amines) is 2. The number of carboxylic acid groups (broad SMARTS) is 1. The topological polar surface area (TPSA) is 103 Å². The lowest BCUT2D eigenvalue weighted by Gasteiger charge is -2.52. The molecule has 1 aliphatic carbocycles. The molecule has 4 fully saturated rings. The molecule has 4 aliphatic rings. The number of alkyl halides is 3. The Kier molecular flexibility index (Phi) is 13.3. The van der Waals surface area contributed by atoms with Crippen LogP contribution >= 0.6 is 0 Å². The number of hydrogen-bond donors (Lipinski definition) is 1. The minimum absolute atomic E-state index is 0.0620. The summed E-state index contributed by atoms with van der Waals surface area (Å²) in [5, 5.41) is 7.12. The summed E-state index contributed by atoms with van der Waals surface area (Å²) in [6.45, 7) is 11.7. The Bertz CT molecular complexity index is 1490. The molecular weight excluding hydrogens is 673 g/mol. The summed E-state index contributed by atoms with van der Waals surface area (Å²) in [4.78, 5) is 46.9. The minimum atomic E-state index is -5.08. The van der Waals surface area contributed by atoms with Gasteiger partial charge in [0, 0.05) is 82.0 Å². The van der Waals surface area contributed by atoms with Gasteiger partial charge in [0.05, 0.1) is 0 Å². The fraction of sp³-hybridized carbons (Fsp3) is 0.650. The van der Waals surface area contributed by atoms with Crippen LogP contribution in [0.5, 0.6) is 0 Å². The van der Waals surface area contributed by atoms with Crippen molar-refractivity contribution < 1.29 is 37.4 Å². The monoisotopic (exact) mass is 728 g/mol. The predicted molar refractivity (Wildman–Crippen MR) is 193 cm³/mol. The van der Waals surface area contributed by atoms with E-state index in [-0.39, 0.29) is 17.6 Å². The van der Waals surface area contributed by atoms with E-state index < -0.39 is 12.1 Å². The van der Waals surface area contributed by atoms with Crippen molar-refractivity contribution >= 4 is 18.0 Å². The van der Waals surface area contributed by atoms with Crippen molar-refractivity contribution in [2.75, 3.05) is 39.3 Å². The van der Waals surface area contributed by atoms with Gasteiger partial charge in [-0.1, -0.05) is 51.2 Å². The molecule has 286 valence electrons. The van der Waals surface area contributed by atoms with Crippen molar-refractivity contribution in [2.24, 2.45) is 11.8 Å². The number of hydrogen-bond acceptors (Lipinski definition) is 6. The third-order valence-corrected chi connectivity index (χ3v) is 11.8. The van der Waals surface area contributed by atoms with E-state index in [9.17, 15) is 22.8 Å². The van der Waals surface area contributed by atoms with Gasteiger partial charge in [0.2, 0.25) is 0 Å². The molecule has 1 aromatic heterocycles. The van der Waals surface area contributed by atoms with Crippen LogP contribution in [-0.2, 0) is 9.53 Å². The van der Waals surface area contributed by atoms with E-state index in [0.29, 0.717) is 17.9 Å². The average molecular weight is 729 g/mol. The van der Waals surface area contributed by atoms with Crippen molar-refractivity contribution in [3.63, 3.8) is 0 Å². The van der Waals surface area contributed by atoms with Gasteiger partial charge in [-0.2, -0.15) is 13.2 Å². The first-order chi connectivity index (χ1) is 24.8. The van der Waals surface area contributed by atoms with Crippen LogP contribution in [0, 0.1) is 25.7 Å². The van der Waals surface area contributed by atoms with E-state index in [2.05, 4.69) is 52.6 Å². The Labute approximate surface area is 305 Å². The summed E-state index contributed by atoms with van der Waals surface area (Å²) in [5.41, 5.74) is 4.86. The van der Waals surface area contributed by atoms with Gasteiger partial charge in [0.15, 0.2) is 0 Å². The number of carbonyl (C=O) groups is 3. The van der Waals surface area contributed by atoms with Crippen LogP contribution < -0.4 is 0 Å². The van der Waals surface area contributed by atoms with Crippen molar-refractivity contribution in [3.8, 4) is 11.1 Å². The van der Waals surface area contributed by atoms with Crippen molar-refractivity contribution in [1.82, 2.24) is 19.7 Å². The maximum absolute atomic E-state index is 13.7. The second-order valence-electron chi connectivity index (χ2n) is 15.3. The Hall–Kier alpha value is -3.67. The highest BCUT2D eigenvalue weighted by Crippen LogP contribution is 2.42. The molecule has 1 saturated carbocycles. The lowest BCUT2D eigenvalue weighted by atomic mass is 9.75. The number of rotatable bonds is 8. The van der Waals surface area contributed by atoms with Crippen LogP contribution in [-0.4, -0.2) is 99.8 Å². The summed E-state index contributed by atoms with van der Waals surface area (Å²) in [7, 11) is 0. The number of amides is 2. The molecule has 0 bridgehead atoms. The largest absolute Gasteiger partial charge is 0.490 e. The van der Waals surface area contributed by atoms with Crippen LogP contribution in [0.4, 0.5) is 18.0 Å². The Balaban J connectivity index is 0.000000679. The quantitative estimate of drug-likeness (QED) is 0.292. The van der Waals surface area contributed by atoms with Gasteiger partial charge in [-0.3, -0.25) is 14.7 Å². The Morgan fingerprint density at radius 1 is 0.942 bits per heavy atom. The molecule has 2 amide bonds. The molecule has 6 rings (SSSR count). The molecule has 1 aromatic carbocycles. The SMILES string of the molecule is CCCCC1CN(CC2CCCCC2)C(=O)OC12CCN(C1CCN(C(=O)c3c(C)cc(-c4ccncc4)cc3C)CC1)CC2.O=C(O)C(F)(F)F. The van der Waals surface area contributed by atoms with Gasteiger partial charge in [-0.15, -0.1) is 0 Å². The van der Waals surface area contributed by atoms with Crippen molar-refractivity contribution in [3.05, 3.63) is 53.3 Å². The lowest BCUT2D eigenvalue weighted by Crippen LogP contribution is -2.61. The zero-order valence-electron chi connectivity index (χ0n) is 30.9. The third-order valence-electron chi connectivity index (χ3n) is 11.8. The maximum Gasteiger partial charge on any atom is 0.490 e. The zero-order valence-corrected chi connectivity index (χ0v) is 30.9. The zero-order chi connectivity index (χ0) is 37.5. The molecule has 2 aromatic rings. The van der Waals surface area contributed by atoms with E-state index in [1.807, 2.05) is 24.5 Å². The number of aliphatic carboxylic acids is 1. The highest BCUT2D eigenvalue weighted by atomic mass is 19.4. The lowest BCUT2D eigenvalue weighted by molar-refractivity contribution is -0.192. The van der Waals surface area contributed by atoms with Gasteiger partial charge in [0.25, 0.3) is 5.91 Å². The summed E-state index contributed by atoms with van der Waals surface area (Å²) in [6, 6.07) is 8.78. The van der Waals surface area contributed by atoms with Crippen LogP contribution in [0.3, 0.4) is 0 Å². The fourth-order valence-corrected chi connectivity index (χ4v) is 8.85. The first-order valence-corrected chi connectivity index (χ1v) is 19.1. The summed E-state index contributed by atoms with van der Waals surface area (Å²) >= 11 is 0. The van der Waals surface area contributed by atoms with Gasteiger partial charge in [-0.25, -0.2) is 9.59 Å². The minimum Gasteiger partial charge on any atom is -0.475 e. The summed E-state index contributed by atoms with van der Waals surface area (Å²) < 4.78 is 38.2. The second-order valence-corrected chi connectivity index (χ2v) is 15.3. The number of ether oxygens (including phenoxy) is 1. The molecular formula is C40H55F3N4O5. The van der Waals surface area contributed by atoms with E-state index in [1.165, 1.54) is 44.9 Å². The van der Waals surface area contributed by atoms with Gasteiger partial charge >= 0.3 is 18.2 Å². The number of nitrogens with zero attached hydrogens (tertiary/aromatic N) is 4. The second kappa shape index (κ2) is 17.4. The molecule has 1 atom stereocenters. The van der Waals surface area contributed by atoms with Crippen molar-refractivity contribution in [1.29, 1.82) is 0 Å². The Morgan fingerprint density at radius 2 is 1.54 bits per heavy atom. The summed E-state index contributed by atoms with van der Waals surface area (Å²) in [6.07, 6.45) is 12.3. The van der Waals surface area contributed by atoms with Crippen LogP contribution in [0.1, 0.15) is 105 Å². The number of benzene rings is 1. The molecule has 52 heavy (non-hydrogen) atoms. The molecule has 1 unspecified atom stereocenters. The number of pyridine rings is 1. The summed E-state index contributed by atoms with van der Waals surface area (Å²) in [5.74, 6) is -1.52. The highest BCUT2D eigenvalue weighted by Gasteiger charge is 2.50. The number of carboxylic acids is 1. The van der Waals surface area contributed by atoms with E-state index >= 15 is 0 Å². The normalized spacial score (nSPS) is 21.7. The smallest absolute Gasteiger partial charge is 0.475 e. The molecule has 4 heterocycles.